The zero-order valence-corrected chi connectivity index (χ0v) is 15.8. The predicted molar refractivity (Wildman–Crippen MR) is 98.9 cm³/mol. The van der Waals surface area contributed by atoms with Gasteiger partial charge in [0.25, 0.3) is 10.0 Å². The summed E-state index contributed by atoms with van der Waals surface area (Å²) in [4.78, 5) is 16.0. The van der Waals surface area contributed by atoms with Crippen LogP contribution in [0.5, 0.6) is 0 Å². The molecule has 0 unspecified atom stereocenters. The molecule has 0 heterocycles. The standard InChI is InChI=1S/C18H24N2O4S/c1-14(2)6-5-7-15(3)12-13-19-24-18(21)20-25(22,23)17-10-8-16(4)9-11-17/h6,8-13H,5,7H2,1-4H3,(H,20,21)/b15-12+,19-13+. The van der Waals surface area contributed by atoms with Crippen molar-refractivity contribution in [3.63, 3.8) is 0 Å². The molecule has 7 heteroatoms. The highest BCUT2D eigenvalue weighted by Gasteiger charge is 2.18. The van der Waals surface area contributed by atoms with E-state index in [1.165, 1.54) is 23.9 Å². The van der Waals surface area contributed by atoms with Gasteiger partial charge in [-0.3, -0.25) is 4.84 Å². The summed E-state index contributed by atoms with van der Waals surface area (Å²) >= 11 is 0. The van der Waals surface area contributed by atoms with E-state index in [9.17, 15) is 13.2 Å². The summed E-state index contributed by atoms with van der Waals surface area (Å²) in [6.45, 7) is 7.85. The molecule has 25 heavy (non-hydrogen) atoms. The summed E-state index contributed by atoms with van der Waals surface area (Å²) in [5, 5.41) is 3.45. The van der Waals surface area contributed by atoms with Gasteiger partial charge in [-0.1, -0.05) is 40.1 Å². The van der Waals surface area contributed by atoms with Gasteiger partial charge in [0.2, 0.25) is 0 Å². The third kappa shape index (κ3) is 8.30. The third-order valence-electron chi connectivity index (χ3n) is 3.20. The van der Waals surface area contributed by atoms with E-state index in [4.69, 9.17) is 0 Å². The van der Waals surface area contributed by atoms with Crippen molar-refractivity contribution in [2.45, 2.75) is 45.4 Å². The maximum atomic E-state index is 12.0. The normalized spacial score (nSPS) is 12.1. The highest BCUT2D eigenvalue weighted by atomic mass is 32.2. The maximum Gasteiger partial charge on any atom is 0.447 e. The lowest BCUT2D eigenvalue weighted by Gasteiger charge is -2.05. The molecule has 0 aliphatic rings. The van der Waals surface area contributed by atoms with E-state index < -0.39 is 16.1 Å². The fraction of sp³-hybridized carbons (Fsp3) is 0.333. The Kier molecular flexibility index (Phi) is 8.07. The predicted octanol–water partition coefficient (Wildman–Crippen LogP) is 4.09. The van der Waals surface area contributed by atoms with Gasteiger partial charge in [0.15, 0.2) is 0 Å². The average molecular weight is 364 g/mol. The molecule has 0 aromatic heterocycles. The Morgan fingerprint density at radius 2 is 1.84 bits per heavy atom. The Morgan fingerprint density at radius 3 is 2.44 bits per heavy atom. The molecule has 0 radical (unpaired) electrons. The summed E-state index contributed by atoms with van der Waals surface area (Å²) in [6.07, 6.45) is 5.79. The summed E-state index contributed by atoms with van der Waals surface area (Å²) in [6, 6.07) is 6.10. The van der Waals surface area contributed by atoms with Crippen molar-refractivity contribution in [1.82, 2.24) is 4.72 Å². The molecule has 6 nitrogen and oxygen atoms in total. The van der Waals surface area contributed by atoms with Crippen LogP contribution in [-0.2, 0) is 14.9 Å². The molecule has 1 rings (SSSR count). The number of nitrogens with zero attached hydrogens (tertiary/aromatic N) is 1. The second kappa shape index (κ2) is 9.78. The van der Waals surface area contributed by atoms with Crippen LogP contribution in [-0.4, -0.2) is 20.7 Å². The second-order valence-corrected chi connectivity index (χ2v) is 7.57. The number of hydrogen-bond acceptors (Lipinski definition) is 5. The van der Waals surface area contributed by atoms with E-state index in [2.05, 4.69) is 16.1 Å². The van der Waals surface area contributed by atoms with E-state index in [1.807, 2.05) is 27.7 Å². The zero-order chi connectivity index (χ0) is 18.9. The van der Waals surface area contributed by atoms with Crippen LogP contribution < -0.4 is 4.72 Å². The fourth-order valence-corrected chi connectivity index (χ4v) is 2.68. The van der Waals surface area contributed by atoms with Crippen LogP contribution in [0.25, 0.3) is 0 Å². The van der Waals surface area contributed by atoms with E-state index in [-0.39, 0.29) is 4.90 Å². The summed E-state index contributed by atoms with van der Waals surface area (Å²) < 4.78 is 25.8. The zero-order valence-electron chi connectivity index (χ0n) is 14.9. The van der Waals surface area contributed by atoms with Crippen molar-refractivity contribution in [2.24, 2.45) is 5.16 Å². The minimum atomic E-state index is -3.97. The Labute approximate surface area is 149 Å². The molecule has 0 saturated heterocycles. The Bertz CT molecular complexity index is 772. The van der Waals surface area contributed by atoms with Crippen molar-refractivity contribution in [3.05, 3.63) is 53.1 Å². The van der Waals surface area contributed by atoms with Gasteiger partial charge in [-0.25, -0.2) is 17.9 Å². The molecule has 1 N–H and O–H groups in total. The minimum absolute atomic E-state index is 0.0194. The van der Waals surface area contributed by atoms with E-state index in [1.54, 1.807) is 22.9 Å². The number of aryl methyl sites for hydroxylation is 1. The van der Waals surface area contributed by atoms with Gasteiger partial charge in [0.05, 0.1) is 11.1 Å². The Morgan fingerprint density at radius 1 is 1.20 bits per heavy atom. The van der Waals surface area contributed by atoms with Gasteiger partial charge >= 0.3 is 6.09 Å². The molecule has 136 valence electrons. The lowest BCUT2D eigenvalue weighted by molar-refractivity contribution is 0.158. The molecular formula is C18H24N2O4S. The molecule has 0 spiro atoms. The number of nitrogens with one attached hydrogen (secondary N) is 1. The average Bonchev–Trinajstić information content (AvgIpc) is 2.51. The van der Waals surface area contributed by atoms with Crippen molar-refractivity contribution in [1.29, 1.82) is 0 Å². The first-order valence-electron chi connectivity index (χ1n) is 7.83. The number of amides is 1. The molecule has 1 aromatic rings. The quantitative estimate of drug-likeness (QED) is 0.342. The molecule has 0 fully saturated rings. The molecule has 0 aliphatic heterocycles. The molecule has 1 aromatic carbocycles. The number of rotatable bonds is 7. The first-order valence-corrected chi connectivity index (χ1v) is 9.32. The Hall–Kier alpha value is -2.41. The summed E-state index contributed by atoms with van der Waals surface area (Å²) in [5.41, 5.74) is 3.24. The van der Waals surface area contributed by atoms with Crippen LogP contribution in [0.2, 0.25) is 0 Å². The monoisotopic (exact) mass is 364 g/mol. The number of carbonyl (C=O) groups excluding carboxylic acids is 1. The van der Waals surface area contributed by atoms with E-state index >= 15 is 0 Å². The number of oxime groups is 1. The number of hydrogen-bond donors (Lipinski definition) is 1. The van der Waals surface area contributed by atoms with E-state index in [0.717, 1.165) is 24.0 Å². The van der Waals surface area contributed by atoms with Crippen LogP contribution in [0.3, 0.4) is 0 Å². The van der Waals surface area contributed by atoms with Crippen molar-refractivity contribution < 1.29 is 18.0 Å². The highest BCUT2D eigenvalue weighted by molar-refractivity contribution is 7.90. The van der Waals surface area contributed by atoms with Crippen molar-refractivity contribution in [2.75, 3.05) is 0 Å². The molecule has 0 aliphatic carbocycles. The van der Waals surface area contributed by atoms with Crippen LogP contribution in [0.1, 0.15) is 39.2 Å². The van der Waals surface area contributed by atoms with Crippen molar-refractivity contribution >= 4 is 22.3 Å². The van der Waals surface area contributed by atoms with Crippen LogP contribution in [0, 0.1) is 6.92 Å². The van der Waals surface area contributed by atoms with Gasteiger partial charge in [-0.15, -0.1) is 0 Å². The van der Waals surface area contributed by atoms with Crippen LogP contribution >= 0.6 is 0 Å². The second-order valence-electron chi connectivity index (χ2n) is 5.88. The highest BCUT2D eigenvalue weighted by Crippen LogP contribution is 2.10. The fourth-order valence-electron chi connectivity index (χ4n) is 1.81. The largest absolute Gasteiger partial charge is 0.447 e. The molecule has 0 bridgehead atoms. The maximum absolute atomic E-state index is 12.0. The summed E-state index contributed by atoms with van der Waals surface area (Å²) in [7, 11) is -3.97. The number of carbonyl (C=O) groups is 1. The molecular weight excluding hydrogens is 340 g/mol. The van der Waals surface area contributed by atoms with Gasteiger partial charge < -0.3 is 0 Å². The molecule has 0 saturated carbocycles. The van der Waals surface area contributed by atoms with Gasteiger partial charge in [-0.05, 0) is 58.7 Å². The first kappa shape index (κ1) is 20.6. The number of sulfonamides is 1. The Balaban J connectivity index is 2.51. The molecule has 0 atom stereocenters. The number of benzene rings is 1. The smallest absolute Gasteiger partial charge is 0.297 e. The summed E-state index contributed by atoms with van der Waals surface area (Å²) in [5.74, 6) is 0. The first-order chi connectivity index (χ1) is 11.7. The van der Waals surface area contributed by atoms with Crippen molar-refractivity contribution in [3.8, 4) is 0 Å². The third-order valence-corrected chi connectivity index (χ3v) is 4.52. The topological polar surface area (TPSA) is 84.8 Å². The van der Waals surface area contributed by atoms with Crippen LogP contribution in [0.4, 0.5) is 4.79 Å². The molecule has 1 amide bonds. The number of allylic oxidation sites excluding steroid dienone is 4. The van der Waals surface area contributed by atoms with Gasteiger partial charge in [0.1, 0.15) is 0 Å². The van der Waals surface area contributed by atoms with Gasteiger partial charge in [-0.2, -0.15) is 0 Å². The lowest BCUT2D eigenvalue weighted by Crippen LogP contribution is -2.30. The minimum Gasteiger partial charge on any atom is -0.297 e. The van der Waals surface area contributed by atoms with E-state index in [0.29, 0.717) is 0 Å². The van der Waals surface area contributed by atoms with Crippen LogP contribution in [0.15, 0.2) is 57.6 Å². The SMILES string of the molecule is CC(C)=CCC/C(C)=C/C=N/OC(=O)NS(=O)(=O)c1ccc(C)cc1. The lowest BCUT2D eigenvalue weighted by atomic mass is 10.1. The van der Waals surface area contributed by atoms with Gasteiger partial charge in [0, 0.05) is 0 Å².